The normalized spacial score (nSPS) is 11.7. The Hall–Kier alpha value is -2.27. The number of aromatic nitrogens is 2. The van der Waals surface area contributed by atoms with Crippen molar-refractivity contribution in [3.8, 4) is 0 Å². The number of aryl methyl sites for hydroxylation is 2. The first-order valence-electron chi connectivity index (χ1n) is 7.92. The Bertz CT molecular complexity index is 908. The van der Waals surface area contributed by atoms with Crippen LogP contribution in [0.3, 0.4) is 0 Å². The van der Waals surface area contributed by atoms with E-state index in [1.54, 1.807) is 0 Å². The summed E-state index contributed by atoms with van der Waals surface area (Å²) < 4.78 is 0. The molecule has 3 rings (SSSR count). The Morgan fingerprint density at radius 3 is 2.38 bits per heavy atom. The van der Waals surface area contributed by atoms with Crippen molar-refractivity contribution in [2.24, 2.45) is 0 Å². The number of amides is 1. The average Bonchev–Trinajstić information content (AvgIpc) is 2.85. The number of carbonyl (C=O) groups excluding carboxylic acids is 1. The first-order valence-corrected chi connectivity index (χ1v) is 8.73. The largest absolute Gasteiger partial charge is 0.321 e. The molecule has 0 aliphatic carbocycles. The molecule has 2 heterocycles. The van der Waals surface area contributed by atoms with Gasteiger partial charge in [-0.05, 0) is 31.5 Å². The van der Waals surface area contributed by atoms with Crippen LogP contribution in [-0.4, -0.2) is 15.9 Å². The molecular weight excluding hydrogens is 318 g/mol. The number of rotatable bonds is 2. The SMILES string of the molecule is Cc1nc(C(C)(C)C)nc2sc(C(=O)Nc3ccccc3)c(C)c12. The fourth-order valence-corrected chi connectivity index (χ4v) is 3.73. The lowest BCUT2D eigenvalue weighted by molar-refractivity contribution is 0.103. The van der Waals surface area contributed by atoms with Gasteiger partial charge in [0.25, 0.3) is 5.91 Å². The molecule has 3 aromatic rings. The standard InChI is InChI=1S/C19H21N3OS/c1-11-14-12(2)20-18(19(3,4)5)22-17(14)24-15(11)16(23)21-13-9-7-6-8-10-13/h6-10H,1-5H3,(H,21,23). The first kappa shape index (κ1) is 16.6. The summed E-state index contributed by atoms with van der Waals surface area (Å²) in [4.78, 5) is 23.6. The van der Waals surface area contributed by atoms with Crippen LogP contribution in [0, 0.1) is 13.8 Å². The van der Waals surface area contributed by atoms with Crippen LogP contribution < -0.4 is 5.32 Å². The van der Waals surface area contributed by atoms with Crippen LogP contribution in [0.4, 0.5) is 5.69 Å². The van der Waals surface area contributed by atoms with Crippen LogP contribution in [0.5, 0.6) is 0 Å². The molecule has 0 aliphatic rings. The van der Waals surface area contributed by atoms with E-state index in [4.69, 9.17) is 4.98 Å². The van der Waals surface area contributed by atoms with Crippen LogP contribution in [0.2, 0.25) is 0 Å². The highest BCUT2D eigenvalue weighted by molar-refractivity contribution is 7.20. The van der Waals surface area contributed by atoms with E-state index in [0.717, 1.165) is 33.0 Å². The fourth-order valence-electron chi connectivity index (χ4n) is 2.60. The third-order valence-electron chi connectivity index (χ3n) is 3.88. The van der Waals surface area contributed by atoms with E-state index >= 15 is 0 Å². The van der Waals surface area contributed by atoms with Crippen molar-refractivity contribution in [3.05, 3.63) is 52.3 Å². The number of thiophene rings is 1. The zero-order chi connectivity index (χ0) is 17.5. The Morgan fingerprint density at radius 2 is 1.75 bits per heavy atom. The van der Waals surface area contributed by atoms with Gasteiger partial charge in [-0.15, -0.1) is 11.3 Å². The molecule has 0 unspecified atom stereocenters. The summed E-state index contributed by atoms with van der Waals surface area (Å²) in [7, 11) is 0. The van der Waals surface area contributed by atoms with E-state index in [2.05, 4.69) is 31.1 Å². The number of carbonyl (C=O) groups is 1. The molecule has 0 radical (unpaired) electrons. The maximum absolute atomic E-state index is 12.6. The summed E-state index contributed by atoms with van der Waals surface area (Å²) >= 11 is 1.43. The maximum Gasteiger partial charge on any atom is 0.266 e. The average molecular weight is 339 g/mol. The van der Waals surface area contributed by atoms with Gasteiger partial charge in [0.1, 0.15) is 10.7 Å². The molecule has 4 nitrogen and oxygen atoms in total. The number of fused-ring (bicyclic) bond motifs is 1. The molecule has 0 fully saturated rings. The smallest absolute Gasteiger partial charge is 0.266 e. The number of nitrogens with one attached hydrogen (secondary N) is 1. The second-order valence-electron chi connectivity index (χ2n) is 6.94. The van der Waals surface area contributed by atoms with Crippen LogP contribution >= 0.6 is 11.3 Å². The number of hydrogen-bond acceptors (Lipinski definition) is 4. The summed E-state index contributed by atoms with van der Waals surface area (Å²) in [6.07, 6.45) is 0. The molecule has 2 aromatic heterocycles. The molecule has 24 heavy (non-hydrogen) atoms. The summed E-state index contributed by atoms with van der Waals surface area (Å²) in [5, 5.41) is 3.94. The Balaban J connectivity index is 2.05. The van der Waals surface area contributed by atoms with Gasteiger partial charge < -0.3 is 5.32 Å². The van der Waals surface area contributed by atoms with E-state index in [-0.39, 0.29) is 11.3 Å². The van der Waals surface area contributed by atoms with Crippen molar-refractivity contribution in [3.63, 3.8) is 0 Å². The van der Waals surface area contributed by atoms with Crippen molar-refractivity contribution < 1.29 is 4.79 Å². The zero-order valence-corrected chi connectivity index (χ0v) is 15.4. The minimum Gasteiger partial charge on any atom is -0.321 e. The van der Waals surface area contributed by atoms with Crippen LogP contribution in [0.25, 0.3) is 10.2 Å². The lowest BCUT2D eigenvalue weighted by Crippen LogP contribution is -2.16. The zero-order valence-electron chi connectivity index (χ0n) is 14.6. The number of para-hydroxylation sites is 1. The van der Waals surface area contributed by atoms with Gasteiger partial charge in [0.2, 0.25) is 0 Å². The topological polar surface area (TPSA) is 54.9 Å². The van der Waals surface area contributed by atoms with Gasteiger partial charge in [-0.25, -0.2) is 9.97 Å². The van der Waals surface area contributed by atoms with Gasteiger partial charge in [-0.1, -0.05) is 39.0 Å². The summed E-state index contributed by atoms with van der Waals surface area (Å²) in [6.45, 7) is 10.2. The molecule has 1 N–H and O–H groups in total. The molecule has 1 aromatic carbocycles. The lowest BCUT2D eigenvalue weighted by Gasteiger charge is -2.16. The quantitative estimate of drug-likeness (QED) is 0.725. The van der Waals surface area contributed by atoms with Crippen LogP contribution in [0.15, 0.2) is 30.3 Å². The lowest BCUT2D eigenvalue weighted by atomic mass is 9.95. The van der Waals surface area contributed by atoms with Crippen molar-refractivity contribution >= 4 is 33.1 Å². The Kier molecular flexibility index (Phi) is 4.13. The second-order valence-corrected chi connectivity index (χ2v) is 7.94. The van der Waals surface area contributed by atoms with E-state index in [1.807, 2.05) is 44.2 Å². The van der Waals surface area contributed by atoms with Gasteiger partial charge in [0.05, 0.1) is 10.6 Å². The molecule has 0 bridgehead atoms. The summed E-state index contributed by atoms with van der Waals surface area (Å²) in [5.41, 5.74) is 2.54. The van der Waals surface area contributed by atoms with Crippen molar-refractivity contribution in [1.82, 2.24) is 9.97 Å². The van der Waals surface area contributed by atoms with Gasteiger partial charge in [0, 0.05) is 16.5 Å². The Labute approximate surface area is 146 Å². The minimum absolute atomic E-state index is 0.0987. The van der Waals surface area contributed by atoms with E-state index in [0.29, 0.717) is 4.88 Å². The van der Waals surface area contributed by atoms with Crippen molar-refractivity contribution in [2.45, 2.75) is 40.0 Å². The molecule has 5 heteroatoms. The van der Waals surface area contributed by atoms with Crippen molar-refractivity contribution in [1.29, 1.82) is 0 Å². The second kappa shape index (κ2) is 5.98. The van der Waals surface area contributed by atoms with Gasteiger partial charge in [-0.2, -0.15) is 0 Å². The van der Waals surface area contributed by atoms with Crippen molar-refractivity contribution in [2.75, 3.05) is 5.32 Å². The molecule has 1 amide bonds. The fraction of sp³-hybridized carbons (Fsp3) is 0.316. The predicted octanol–water partition coefficient (Wildman–Crippen LogP) is 4.86. The number of hydrogen-bond donors (Lipinski definition) is 1. The van der Waals surface area contributed by atoms with Gasteiger partial charge in [0.15, 0.2) is 0 Å². The predicted molar refractivity (Wildman–Crippen MR) is 100.0 cm³/mol. The molecule has 0 atom stereocenters. The van der Waals surface area contributed by atoms with E-state index < -0.39 is 0 Å². The maximum atomic E-state index is 12.6. The molecule has 0 saturated heterocycles. The summed E-state index contributed by atoms with van der Waals surface area (Å²) in [6, 6.07) is 9.48. The first-order chi connectivity index (χ1) is 11.3. The monoisotopic (exact) mass is 339 g/mol. The van der Waals surface area contributed by atoms with E-state index in [1.165, 1.54) is 11.3 Å². The number of benzene rings is 1. The highest BCUT2D eigenvalue weighted by Crippen LogP contribution is 2.33. The number of anilines is 1. The highest BCUT2D eigenvalue weighted by atomic mass is 32.1. The van der Waals surface area contributed by atoms with Gasteiger partial charge in [-0.3, -0.25) is 4.79 Å². The molecular formula is C19H21N3OS. The molecule has 0 aliphatic heterocycles. The number of nitrogens with zero attached hydrogens (tertiary/aromatic N) is 2. The molecule has 0 saturated carbocycles. The third-order valence-corrected chi connectivity index (χ3v) is 5.06. The van der Waals surface area contributed by atoms with E-state index in [9.17, 15) is 4.79 Å². The molecule has 0 spiro atoms. The summed E-state index contributed by atoms with van der Waals surface area (Å²) in [5.74, 6) is 0.710. The van der Waals surface area contributed by atoms with Crippen LogP contribution in [-0.2, 0) is 5.41 Å². The van der Waals surface area contributed by atoms with Crippen LogP contribution in [0.1, 0.15) is 47.5 Å². The minimum atomic E-state index is -0.122. The van der Waals surface area contributed by atoms with Gasteiger partial charge >= 0.3 is 0 Å². The third kappa shape index (κ3) is 3.04. The highest BCUT2D eigenvalue weighted by Gasteiger charge is 2.23. The Morgan fingerprint density at radius 1 is 1.08 bits per heavy atom. The molecule has 124 valence electrons.